The van der Waals surface area contributed by atoms with E-state index in [9.17, 15) is 44.4 Å². The summed E-state index contributed by atoms with van der Waals surface area (Å²) < 4.78 is 23.5. The smallest absolute Gasteiger partial charge is 0.329 e. The molecule has 0 aromatic carbocycles. The zero-order valence-electron chi connectivity index (χ0n) is 40.4. The van der Waals surface area contributed by atoms with Crippen molar-refractivity contribution in [3.63, 3.8) is 0 Å². The largest absolute Gasteiger partial charge is 0.460 e. The zero-order chi connectivity index (χ0) is 48.2. The standard InChI is InChI=1S/C51H79NO13/c1-30-15-11-10-12-16-31(2)38(29-53)27-39-20-18-36(7)51(61,65-39)48(58)49(59)52-22-14-13-17-40(52)50(60)64-43(33(4)25-37-19-21-41(54)44(26-37)62-8)28-42(55)32(3)24-35(6)46(57)47(63-9)45(56)34(5)23-30/h10-12,15-16,24,30,32-34,36-41,43-44,46-47,53-54,57,61H,13-14,17-23,25-29H2,1-9H3/b12-10+,15-11+,31-16+,35-24+/t30-,32-,33-,34-,36-,37+,38-,39+,40+,41-,43+,44-,46-,47+,51-/m1/s1. The first-order chi connectivity index (χ1) is 30.7. The van der Waals surface area contributed by atoms with E-state index in [0.717, 1.165) is 12.0 Å². The van der Waals surface area contributed by atoms with Crippen LogP contribution in [0.5, 0.6) is 0 Å². The molecule has 3 aliphatic heterocycles. The zero-order valence-corrected chi connectivity index (χ0v) is 40.4. The number of fused-ring (bicyclic) bond motifs is 3. The number of rotatable bonds is 6. The lowest BCUT2D eigenvalue weighted by molar-refractivity contribution is -0.265. The van der Waals surface area contributed by atoms with Gasteiger partial charge in [0.05, 0.1) is 18.3 Å². The third-order valence-electron chi connectivity index (χ3n) is 14.6. The Bertz CT molecular complexity index is 1760. The van der Waals surface area contributed by atoms with Crippen LogP contribution in [0.2, 0.25) is 0 Å². The Morgan fingerprint density at radius 3 is 2.28 bits per heavy atom. The summed E-state index contributed by atoms with van der Waals surface area (Å²) in [7, 11) is 2.93. The molecule has 1 saturated carbocycles. The summed E-state index contributed by atoms with van der Waals surface area (Å²) in [6.45, 7) is 12.4. The average molecular weight is 914 g/mol. The predicted molar refractivity (Wildman–Crippen MR) is 245 cm³/mol. The molecule has 0 spiro atoms. The highest BCUT2D eigenvalue weighted by molar-refractivity contribution is 6.39. The molecule has 0 unspecified atom stereocenters. The lowest BCUT2D eigenvalue weighted by Gasteiger charge is -2.43. The van der Waals surface area contributed by atoms with Crippen molar-refractivity contribution in [2.45, 2.75) is 174 Å². The number of cyclic esters (lactones) is 1. The quantitative estimate of drug-likeness (QED) is 0.142. The van der Waals surface area contributed by atoms with Crippen LogP contribution in [-0.4, -0.2) is 130 Å². The Balaban J connectivity index is 1.70. The second kappa shape index (κ2) is 25.1. The summed E-state index contributed by atoms with van der Waals surface area (Å²) in [5, 5.41) is 44.2. The summed E-state index contributed by atoms with van der Waals surface area (Å²) >= 11 is 0. The Hall–Kier alpha value is -3.37. The van der Waals surface area contributed by atoms with Crippen LogP contribution in [0, 0.1) is 41.4 Å². The van der Waals surface area contributed by atoms with E-state index in [1.54, 1.807) is 40.9 Å². The van der Waals surface area contributed by atoms with Crippen LogP contribution in [0.3, 0.4) is 0 Å². The predicted octanol–water partition coefficient (Wildman–Crippen LogP) is 5.77. The van der Waals surface area contributed by atoms with Gasteiger partial charge in [0.1, 0.15) is 30.1 Å². The summed E-state index contributed by atoms with van der Waals surface area (Å²) in [6, 6.07) is -1.15. The summed E-state index contributed by atoms with van der Waals surface area (Å²) in [5.41, 5.74) is 1.23. The Kier molecular flexibility index (Phi) is 21.0. The molecular formula is C51H79NO13. The molecular weight excluding hydrogens is 835 g/mol. The number of Topliss-reactive ketones (excluding diaryl/α,β-unsaturated/α-hetero) is 3. The van der Waals surface area contributed by atoms with Gasteiger partial charge in [-0.15, -0.1) is 0 Å². The third kappa shape index (κ3) is 14.3. The van der Waals surface area contributed by atoms with Gasteiger partial charge in [-0.2, -0.15) is 0 Å². The minimum absolute atomic E-state index is 0.00400. The van der Waals surface area contributed by atoms with Crippen LogP contribution in [0.4, 0.5) is 0 Å². The van der Waals surface area contributed by atoms with E-state index in [1.165, 1.54) is 12.0 Å². The van der Waals surface area contributed by atoms with E-state index in [1.807, 2.05) is 51.2 Å². The lowest BCUT2D eigenvalue weighted by atomic mass is 9.78. The summed E-state index contributed by atoms with van der Waals surface area (Å²) in [5.74, 6) is -8.48. The SMILES string of the molecule is CO[C@@H]1C[C@H](C[C@@H](C)[C@@H]2CC(=O)[C@H](C)/C=C(\C)[C@@H](O)[C@@H](OC)C(=O)[C@H](C)C[C@H](C)/C=C/C=C/C=C(\C)[C@@H](CO)C[C@@H]3CC[C@@H](C)[C@@](O)(O3)C(=O)C(=O)N3CCCC[C@H]3C(=O)O2)CC[C@H]1O. The molecule has 14 nitrogen and oxygen atoms in total. The number of hydrogen-bond donors (Lipinski definition) is 4. The van der Waals surface area contributed by atoms with Crippen molar-refractivity contribution in [1.82, 2.24) is 4.90 Å². The molecule has 4 rings (SSSR count). The molecule has 2 bridgehead atoms. The molecule has 4 N–H and O–H groups in total. The number of ether oxygens (including phenoxy) is 4. The number of aliphatic hydroxyl groups excluding tert-OH is 3. The number of amides is 1. The Labute approximate surface area is 386 Å². The van der Waals surface area contributed by atoms with Gasteiger partial charge in [0.15, 0.2) is 5.78 Å². The van der Waals surface area contributed by atoms with Crippen LogP contribution in [0.25, 0.3) is 0 Å². The Morgan fingerprint density at radius 1 is 0.877 bits per heavy atom. The maximum Gasteiger partial charge on any atom is 0.329 e. The van der Waals surface area contributed by atoms with Crippen molar-refractivity contribution in [2.75, 3.05) is 27.4 Å². The number of hydrogen-bond acceptors (Lipinski definition) is 13. The number of esters is 1. The van der Waals surface area contributed by atoms with E-state index in [4.69, 9.17) is 18.9 Å². The minimum atomic E-state index is -2.45. The topological polar surface area (TPSA) is 206 Å². The molecule has 4 aliphatic rings. The number of allylic oxidation sites excluding steroid dienone is 6. The highest BCUT2D eigenvalue weighted by Gasteiger charge is 2.53. The van der Waals surface area contributed by atoms with E-state index < -0.39 is 77.8 Å². The molecule has 3 heterocycles. The first-order valence-electron chi connectivity index (χ1n) is 24.0. The second-order valence-corrected chi connectivity index (χ2v) is 19.7. The highest BCUT2D eigenvalue weighted by atomic mass is 16.6. The van der Waals surface area contributed by atoms with Gasteiger partial charge in [-0.05, 0) is 108 Å². The number of carbonyl (C=O) groups excluding carboxylic acids is 5. The molecule has 1 aliphatic carbocycles. The van der Waals surface area contributed by atoms with E-state index in [0.29, 0.717) is 56.9 Å². The molecule has 366 valence electrons. The van der Waals surface area contributed by atoms with Gasteiger partial charge in [0.25, 0.3) is 11.7 Å². The number of methoxy groups -OCH3 is 2. The van der Waals surface area contributed by atoms with Crippen molar-refractivity contribution >= 4 is 29.2 Å². The molecule has 65 heavy (non-hydrogen) atoms. The van der Waals surface area contributed by atoms with Gasteiger partial charge >= 0.3 is 5.97 Å². The first-order valence-corrected chi connectivity index (χ1v) is 24.0. The Morgan fingerprint density at radius 2 is 1.60 bits per heavy atom. The van der Waals surface area contributed by atoms with Gasteiger partial charge in [0, 0.05) is 57.5 Å². The van der Waals surface area contributed by atoms with Crippen molar-refractivity contribution in [3.05, 3.63) is 47.6 Å². The molecule has 0 aromatic heterocycles. The fourth-order valence-electron chi connectivity index (χ4n) is 10.2. The first kappa shape index (κ1) is 54.2. The number of piperidine rings is 1. The maximum absolute atomic E-state index is 14.4. The summed E-state index contributed by atoms with van der Waals surface area (Å²) in [4.78, 5) is 71.7. The van der Waals surface area contributed by atoms with Gasteiger partial charge in [0.2, 0.25) is 5.79 Å². The number of ketones is 3. The normalized spacial score (nSPS) is 40.4. The highest BCUT2D eigenvalue weighted by Crippen LogP contribution is 2.38. The van der Waals surface area contributed by atoms with Gasteiger partial charge < -0.3 is 44.3 Å². The van der Waals surface area contributed by atoms with Crippen LogP contribution >= 0.6 is 0 Å². The second-order valence-electron chi connectivity index (χ2n) is 19.7. The fourth-order valence-corrected chi connectivity index (χ4v) is 10.2. The van der Waals surface area contributed by atoms with Crippen LogP contribution < -0.4 is 0 Å². The van der Waals surface area contributed by atoms with Crippen molar-refractivity contribution < 1.29 is 63.3 Å². The van der Waals surface area contributed by atoms with Crippen molar-refractivity contribution in [2.24, 2.45) is 41.4 Å². The molecule has 0 radical (unpaired) electrons. The molecule has 0 aromatic rings. The maximum atomic E-state index is 14.4. The number of aliphatic hydroxyl groups is 4. The van der Waals surface area contributed by atoms with E-state index >= 15 is 0 Å². The molecule has 3 fully saturated rings. The van der Waals surface area contributed by atoms with Crippen molar-refractivity contribution in [3.8, 4) is 0 Å². The molecule has 1 amide bonds. The molecule has 15 atom stereocenters. The number of nitrogens with zero attached hydrogens (tertiary/aromatic N) is 1. The van der Waals surface area contributed by atoms with Gasteiger partial charge in [-0.25, -0.2) is 4.79 Å². The van der Waals surface area contributed by atoms with Crippen LogP contribution in [-0.2, 0) is 42.9 Å². The van der Waals surface area contributed by atoms with Gasteiger partial charge in [-0.3, -0.25) is 19.2 Å². The fraction of sp³-hybridized carbons (Fsp3) is 0.745. The average Bonchev–Trinajstić information content (AvgIpc) is 3.28. The minimum Gasteiger partial charge on any atom is -0.460 e. The summed E-state index contributed by atoms with van der Waals surface area (Å²) in [6.07, 6.45) is 11.2. The van der Waals surface area contributed by atoms with Crippen LogP contribution in [0.1, 0.15) is 126 Å². The van der Waals surface area contributed by atoms with E-state index in [2.05, 4.69) is 0 Å². The molecule has 14 heteroatoms. The molecule has 2 saturated heterocycles. The third-order valence-corrected chi connectivity index (χ3v) is 14.6. The van der Waals surface area contributed by atoms with Gasteiger partial charge in [-0.1, -0.05) is 76.6 Å². The van der Waals surface area contributed by atoms with Crippen molar-refractivity contribution in [1.29, 1.82) is 0 Å². The number of carbonyl (C=O) groups is 5. The monoisotopic (exact) mass is 914 g/mol. The van der Waals surface area contributed by atoms with E-state index in [-0.39, 0.29) is 73.8 Å². The lowest BCUT2D eigenvalue weighted by Crippen LogP contribution is -2.60. The van der Waals surface area contributed by atoms with Crippen LogP contribution in [0.15, 0.2) is 47.6 Å².